The molecule has 2 aromatic carbocycles. The molecule has 0 unspecified atom stereocenters. The van der Waals surface area contributed by atoms with Crippen molar-refractivity contribution in [1.29, 1.82) is 0 Å². The van der Waals surface area contributed by atoms with Crippen molar-refractivity contribution in [3.63, 3.8) is 0 Å². The van der Waals surface area contributed by atoms with Crippen molar-refractivity contribution in [2.45, 2.75) is 6.18 Å². The van der Waals surface area contributed by atoms with Crippen LogP contribution < -0.4 is 0 Å². The topological polar surface area (TPSA) is 28.7 Å². The lowest BCUT2D eigenvalue weighted by Gasteiger charge is -2.11. The van der Waals surface area contributed by atoms with Crippen molar-refractivity contribution in [3.05, 3.63) is 52.6 Å². The number of para-hydroxylation sites is 2. The number of benzene rings is 2. The highest BCUT2D eigenvalue weighted by molar-refractivity contribution is 6.33. The smallest absolute Gasteiger partial charge is 0.338 e. The molecule has 0 aliphatic heterocycles. The first-order valence-electron chi connectivity index (χ1n) is 5.99. The van der Waals surface area contributed by atoms with E-state index in [4.69, 9.17) is 11.6 Å². The summed E-state index contributed by atoms with van der Waals surface area (Å²) >= 11 is 5.71. The van der Waals surface area contributed by atoms with E-state index in [0.29, 0.717) is 17.1 Å². The maximum atomic E-state index is 14.0. The Kier molecular flexibility index (Phi) is 3.32. The van der Waals surface area contributed by atoms with Gasteiger partial charge in [-0.15, -0.1) is 0 Å². The van der Waals surface area contributed by atoms with E-state index in [1.54, 1.807) is 24.3 Å². The fourth-order valence-electron chi connectivity index (χ4n) is 2.09. The van der Waals surface area contributed by atoms with Crippen LogP contribution >= 0.6 is 11.6 Å². The second-order valence-corrected chi connectivity index (χ2v) is 4.92. The van der Waals surface area contributed by atoms with Gasteiger partial charge in [0.15, 0.2) is 11.6 Å². The van der Waals surface area contributed by atoms with Crippen LogP contribution in [0, 0.1) is 11.6 Å². The largest absolute Gasteiger partial charge is 0.419 e. The molecule has 3 aromatic rings. The lowest BCUT2D eigenvalue weighted by molar-refractivity contribution is -0.140. The van der Waals surface area contributed by atoms with Crippen LogP contribution in [-0.4, -0.2) is 9.97 Å². The van der Waals surface area contributed by atoms with Gasteiger partial charge >= 0.3 is 6.18 Å². The highest BCUT2D eigenvalue weighted by atomic mass is 35.5. The van der Waals surface area contributed by atoms with E-state index in [9.17, 15) is 22.0 Å². The molecule has 0 fully saturated rings. The molecular weight excluding hydrogens is 327 g/mol. The van der Waals surface area contributed by atoms with Crippen LogP contribution in [0.15, 0.2) is 30.3 Å². The van der Waals surface area contributed by atoms with Gasteiger partial charge in [0, 0.05) is 0 Å². The van der Waals surface area contributed by atoms with Gasteiger partial charge in [0.1, 0.15) is 5.82 Å². The quantitative estimate of drug-likeness (QED) is 0.483. The molecule has 0 bridgehead atoms. The lowest BCUT2D eigenvalue weighted by atomic mass is 10.1. The minimum absolute atomic E-state index is 0.142. The SMILES string of the molecule is Fc1c(C(F)(F)F)cc(Cl)c(-c2nc3ccccc3[nH]2)c1F. The molecule has 2 nitrogen and oxygen atoms in total. The molecule has 0 aliphatic carbocycles. The molecule has 0 radical (unpaired) electrons. The molecule has 0 spiro atoms. The zero-order chi connectivity index (χ0) is 16.1. The minimum Gasteiger partial charge on any atom is -0.338 e. The number of halogens is 6. The van der Waals surface area contributed by atoms with E-state index in [2.05, 4.69) is 9.97 Å². The summed E-state index contributed by atoms with van der Waals surface area (Å²) < 4.78 is 65.6. The number of H-pyrrole nitrogens is 1. The average molecular weight is 333 g/mol. The Morgan fingerprint density at radius 2 is 1.73 bits per heavy atom. The number of hydrogen-bond donors (Lipinski definition) is 1. The number of hydrogen-bond acceptors (Lipinski definition) is 1. The van der Waals surface area contributed by atoms with Crippen molar-refractivity contribution in [3.8, 4) is 11.4 Å². The number of nitrogens with one attached hydrogen (secondary N) is 1. The van der Waals surface area contributed by atoms with Gasteiger partial charge in [-0.2, -0.15) is 13.2 Å². The van der Waals surface area contributed by atoms with Gasteiger partial charge in [-0.05, 0) is 18.2 Å². The molecule has 8 heteroatoms. The molecule has 22 heavy (non-hydrogen) atoms. The van der Waals surface area contributed by atoms with Gasteiger partial charge in [0.05, 0.1) is 27.2 Å². The molecule has 1 aromatic heterocycles. The maximum Gasteiger partial charge on any atom is 0.419 e. The summed E-state index contributed by atoms with van der Waals surface area (Å²) in [5.74, 6) is -3.84. The van der Waals surface area contributed by atoms with Crippen molar-refractivity contribution in [2.24, 2.45) is 0 Å². The third kappa shape index (κ3) is 2.31. The van der Waals surface area contributed by atoms with Crippen LogP contribution in [-0.2, 0) is 6.18 Å². The number of rotatable bonds is 1. The fourth-order valence-corrected chi connectivity index (χ4v) is 2.37. The number of aromatic nitrogens is 2. The Hall–Kier alpha value is -2.15. The number of alkyl halides is 3. The van der Waals surface area contributed by atoms with Gasteiger partial charge in [0.2, 0.25) is 0 Å². The number of nitrogens with zero attached hydrogens (tertiary/aromatic N) is 1. The molecule has 0 saturated heterocycles. The number of fused-ring (bicyclic) bond motifs is 1. The zero-order valence-corrected chi connectivity index (χ0v) is 11.4. The van der Waals surface area contributed by atoms with Crippen molar-refractivity contribution < 1.29 is 22.0 Å². The summed E-state index contributed by atoms with van der Waals surface area (Å²) in [7, 11) is 0. The van der Waals surface area contributed by atoms with Crippen LogP contribution in [0.2, 0.25) is 5.02 Å². The minimum atomic E-state index is -5.04. The lowest BCUT2D eigenvalue weighted by Crippen LogP contribution is -2.11. The number of imidazole rings is 1. The van der Waals surface area contributed by atoms with E-state index < -0.39 is 34.0 Å². The van der Waals surface area contributed by atoms with Gasteiger partial charge in [-0.3, -0.25) is 0 Å². The van der Waals surface area contributed by atoms with Gasteiger partial charge in [-0.25, -0.2) is 13.8 Å². The average Bonchev–Trinajstić information content (AvgIpc) is 2.85. The number of aromatic amines is 1. The molecular formula is C14H6ClF5N2. The Bertz CT molecular complexity index is 837. The molecule has 114 valence electrons. The van der Waals surface area contributed by atoms with Crippen molar-refractivity contribution >= 4 is 22.6 Å². The van der Waals surface area contributed by atoms with Gasteiger partial charge in [0.25, 0.3) is 0 Å². The van der Waals surface area contributed by atoms with Crippen LogP contribution in [0.25, 0.3) is 22.4 Å². The van der Waals surface area contributed by atoms with Crippen molar-refractivity contribution in [2.75, 3.05) is 0 Å². The van der Waals surface area contributed by atoms with Gasteiger partial charge in [-0.1, -0.05) is 23.7 Å². The summed E-state index contributed by atoms with van der Waals surface area (Å²) in [6.07, 6.45) is -5.04. The molecule has 0 saturated carbocycles. The Morgan fingerprint density at radius 1 is 1.05 bits per heavy atom. The molecule has 1 N–H and O–H groups in total. The van der Waals surface area contributed by atoms with Crippen molar-refractivity contribution in [1.82, 2.24) is 9.97 Å². The Balaban J connectivity index is 2.25. The standard InChI is InChI=1S/C14H6ClF5N2/c15-7-5-6(14(18,19)20)11(16)12(17)10(7)13-21-8-3-1-2-4-9(8)22-13/h1-5H,(H,21,22). The molecule has 3 rings (SSSR count). The second-order valence-electron chi connectivity index (χ2n) is 4.51. The van der Waals surface area contributed by atoms with E-state index in [-0.39, 0.29) is 5.82 Å². The summed E-state index contributed by atoms with van der Waals surface area (Å²) in [5, 5.41) is -0.578. The molecule has 0 atom stereocenters. The van der Waals surface area contributed by atoms with E-state index in [1.165, 1.54) is 0 Å². The highest BCUT2D eigenvalue weighted by Gasteiger charge is 2.37. The third-order valence-electron chi connectivity index (χ3n) is 3.09. The monoisotopic (exact) mass is 332 g/mol. The van der Waals surface area contributed by atoms with E-state index in [0.717, 1.165) is 0 Å². The summed E-state index contributed by atoms with van der Waals surface area (Å²) in [6.45, 7) is 0. The molecule has 0 amide bonds. The first kappa shape index (κ1) is 14.8. The van der Waals surface area contributed by atoms with Crippen LogP contribution in [0.4, 0.5) is 22.0 Å². The van der Waals surface area contributed by atoms with Crippen LogP contribution in [0.5, 0.6) is 0 Å². The predicted molar refractivity (Wildman–Crippen MR) is 71.5 cm³/mol. The first-order valence-corrected chi connectivity index (χ1v) is 6.36. The van der Waals surface area contributed by atoms with E-state index >= 15 is 0 Å². The fraction of sp³-hybridized carbons (Fsp3) is 0.0714. The first-order chi connectivity index (χ1) is 10.3. The normalized spacial score (nSPS) is 12.1. The summed E-state index contributed by atoms with van der Waals surface area (Å²) in [6, 6.07) is 6.97. The third-order valence-corrected chi connectivity index (χ3v) is 3.39. The highest BCUT2D eigenvalue weighted by Crippen LogP contribution is 2.39. The summed E-state index contributed by atoms with van der Waals surface area (Å²) in [5.41, 5.74) is -1.32. The maximum absolute atomic E-state index is 14.0. The molecule has 1 heterocycles. The molecule has 0 aliphatic rings. The summed E-state index contributed by atoms with van der Waals surface area (Å²) in [4.78, 5) is 6.71. The zero-order valence-electron chi connectivity index (χ0n) is 10.6. The van der Waals surface area contributed by atoms with Crippen LogP contribution in [0.1, 0.15) is 5.56 Å². The Morgan fingerprint density at radius 3 is 2.36 bits per heavy atom. The predicted octanol–water partition coefficient (Wildman–Crippen LogP) is 5.18. The van der Waals surface area contributed by atoms with Gasteiger partial charge < -0.3 is 4.98 Å². The van der Waals surface area contributed by atoms with Crippen LogP contribution in [0.3, 0.4) is 0 Å². The Labute approximate surface area is 125 Å². The second kappa shape index (κ2) is 4.95. The van der Waals surface area contributed by atoms with E-state index in [1.807, 2.05) is 0 Å².